The number of ether oxygens (including phenoxy) is 3. The van der Waals surface area contributed by atoms with Crippen molar-refractivity contribution in [2.45, 2.75) is 20.3 Å². The topological polar surface area (TPSA) is 56.8 Å². The first-order valence-electron chi connectivity index (χ1n) is 8.30. The standard InChI is InChI=1S/C20H25NO4/c1-14(2)11-12-25-18-10-9-15(13-19(18)24-4)20(22)21-16-7-5-6-8-17(16)23-3/h5-10,13-14H,11-12H2,1-4H3,(H,21,22). The van der Waals surface area contributed by atoms with Crippen LogP contribution in [0.15, 0.2) is 42.5 Å². The third-order valence-electron chi connectivity index (χ3n) is 3.73. The maximum atomic E-state index is 12.5. The quantitative estimate of drug-likeness (QED) is 0.773. The summed E-state index contributed by atoms with van der Waals surface area (Å²) < 4.78 is 16.4. The van der Waals surface area contributed by atoms with E-state index in [0.29, 0.717) is 41.0 Å². The van der Waals surface area contributed by atoms with Crippen LogP contribution in [0.1, 0.15) is 30.6 Å². The zero-order chi connectivity index (χ0) is 18.2. The summed E-state index contributed by atoms with van der Waals surface area (Å²) in [6.45, 7) is 4.90. The molecule has 5 nitrogen and oxygen atoms in total. The van der Waals surface area contributed by atoms with Gasteiger partial charge in [0.05, 0.1) is 26.5 Å². The molecule has 0 aliphatic rings. The van der Waals surface area contributed by atoms with Crippen LogP contribution in [0.25, 0.3) is 0 Å². The van der Waals surface area contributed by atoms with Gasteiger partial charge in [-0.3, -0.25) is 4.79 Å². The minimum absolute atomic E-state index is 0.239. The second-order valence-corrected chi connectivity index (χ2v) is 6.05. The van der Waals surface area contributed by atoms with Gasteiger partial charge in [-0.2, -0.15) is 0 Å². The number of rotatable bonds is 8. The number of carbonyl (C=O) groups is 1. The molecule has 2 rings (SSSR count). The minimum Gasteiger partial charge on any atom is -0.495 e. The molecule has 0 aliphatic carbocycles. The Morgan fingerprint density at radius 2 is 1.72 bits per heavy atom. The molecule has 134 valence electrons. The maximum absolute atomic E-state index is 12.5. The van der Waals surface area contributed by atoms with Crippen LogP contribution in [-0.2, 0) is 0 Å². The normalized spacial score (nSPS) is 10.4. The number of methoxy groups -OCH3 is 2. The lowest BCUT2D eigenvalue weighted by atomic mass is 10.1. The fourth-order valence-electron chi connectivity index (χ4n) is 2.28. The van der Waals surface area contributed by atoms with Crippen LogP contribution in [0.5, 0.6) is 17.2 Å². The molecule has 25 heavy (non-hydrogen) atoms. The lowest BCUT2D eigenvalue weighted by Gasteiger charge is -2.14. The van der Waals surface area contributed by atoms with Gasteiger partial charge < -0.3 is 19.5 Å². The lowest BCUT2D eigenvalue weighted by Crippen LogP contribution is -2.13. The molecule has 1 N–H and O–H groups in total. The first kappa shape index (κ1) is 18.6. The summed E-state index contributed by atoms with van der Waals surface area (Å²) in [5, 5.41) is 2.85. The van der Waals surface area contributed by atoms with Crippen LogP contribution in [0.2, 0.25) is 0 Å². The Bertz CT molecular complexity index is 713. The monoisotopic (exact) mass is 343 g/mol. The number of nitrogens with one attached hydrogen (secondary N) is 1. The van der Waals surface area contributed by atoms with Gasteiger partial charge >= 0.3 is 0 Å². The zero-order valence-electron chi connectivity index (χ0n) is 15.2. The van der Waals surface area contributed by atoms with E-state index < -0.39 is 0 Å². The summed E-state index contributed by atoms with van der Waals surface area (Å²) >= 11 is 0. The molecule has 2 aromatic rings. The summed E-state index contributed by atoms with van der Waals surface area (Å²) in [5.74, 6) is 2.11. The van der Waals surface area contributed by atoms with Crippen LogP contribution < -0.4 is 19.5 Å². The van der Waals surface area contributed by atoms with Gasteiger partial charge in [0.25, 0.3) is 5.91 Å². The molecular weight excluding hydrogens is 318 g/mol. The molecule has 0 radical (unpaired) electrons. The summed E-state index contributed by atoms with van der Waals surface area (Å²) in [6.07, 6.45) is 0.958. The molecule has 0 unspecified atom stereocenters. The van der Waals surface area contributed by atoms with Gasteiger partial charge in [0, 0.05) is 5.56 Å². The fourth-order valence-corrected chi connectivity index (χ4v) is 2.28. The number of hydrogen-bond acceptors (Lipinski definition) is 4. The van der Waals surface area contributed by atoms with Crippen molar-refractivity contribution in [3.63, 3.8) is 0 Å². The van der Waals surface area contributed by atoms with Crippen molar-refractivity contribution in [2.24, 2.45) is 5.92 Å². The molecule has 0 fully saturated rings. The van der Waals surface area contributed by atoms with Gasteiger partial charge in [-0.05, 0) is 42.7 Å². The second kappa shape index (κ2) is 8.97. The van der Waals surface area contributed by atoms with Crippen molar-refractivity contribution in [1.29, 1.82) is 0 Å². The van der Waals surface area contributed by atoms with E-state index >= 15 is 0 Å². The summed E-state index contributed by atoms with van der Waals surface area (Å²) in [5.41, 5.74) is 1.10. The number of para-hydroxylation sites is 2. The van der Waals surface area contributed by atoms with Crippen LogP contribution in [0, 0.1) is 5.92 Å². The Labute approximate surface area is 148 Å². The average Bonchev–Trinajstić information content (AvgIpc) is 2.62. The first-order valence-corrected chi connectivity index (χ1v) is 8.30. The fraction of sp³-hybridized carbons (Fsp3) is 0.350. The number of hydrogen-bond donors (Lipinski definition) is 1. The van der Waals surface area contributed by atoms with Crippen LogP contribution in [-0.4, -0.2) is 26.7 Å². The molecule has 0 atom stereocenters. The van der Waals surface area contributed by atoms with Crippen LogP contribution >= 0.6 is 0 Å². The summed E-state index contributed by atoms with van der Waals surface area (Å²) in [4.78, 5) is 12.5. The number of anilines is 1. The van der Waals surface area contributed by atoms with Crippen molar-refractivity contribution < 1.29 is 19.0 Å². The van der Waals surface area contributed by atoms with E-state index in [1.165, 1.54) is 0 Å². The number of carbonyl (C=O) groups excluding carboxylic acids is 1. The zero-order valence-corrected chi connectivity index (χ0v) is 15.2. The highest BCUT2D eigenvalue weighted by Gasteiger charge is 2.13. The Kier molecular flexibility index (Phi) is 6.69. The molecule has 0 aromatic heterocycles. The predicted octanol–water partition coefficient (Wildman–Crippen LogP) is 4.38. The highest BCUT2D eigenvalue weighted by Crippen LogP contribution is 2.29. The highest BCUT2D eigenvalue weighted by molar-refractivity contribution is 6.05. The van der Waals surface area contributed by atoms with Crippen LogP contribution in [0.4, 0.5) is 5.69 Å². The molecule has 0 heterocycles. The van der Waals surface area contributed by atoms with E-state index in [1.807, 2.05) is 12.1 Å². The van der Waals surface area contributed by atoms with Gasteiger partial charge in [0.15, 0.2) is 11.5 Å². The van der Waals surface area contributed by atoms with E-state index in [2.05, 4.69) is 19.2 Å². The molecule has 0 saturated heterocycles. The van der Waals surface area contributed by atoms with E-state index in [0.717, 1.165) is 6.42 Å². The third kappa shape index (κ3) is 5.14. The largest absolute Gasteiger partial charge is 0.495 e. The van der Waals surface area contributed by atoms with Crippen molar-refractivity contribution in [3.8, 4) is 17.2 Å². The summed E-state index contributed by atoms with van der Waals surface area (Å²) in [6, 6.07) is 12.4. The maximum Gasteiger partial charge on any atom is 0.255 e. The third-order valence-corrected chi connectivity index (χ3v) is 3.73. The Hall–Kier alpha value is -2.69. The first-order chi connectivity index (χ1) is 12.0. The van der Waals surface area contributed by atoms with Gasteiger partial charge in [0.1, 0.15) is 5.75 Å². The van der Waals surface area contributed by atoms with Gasteiger partial charge in [0.2, 0.25) is 0 Å². The average molecular weight is 343 g/mol. The second-order valence-electron chi connectivity index (χ2n) is 6.05. The molecule has 5 heteroatoms. The molecule has 0 saturated carbocycles. The van der Waals surface area contributed by atoms with Gasteiger partial charge in [-0.25, -0.2) is 0 Å². The Balaban J connectivity index is 2.12. The number of benzene rings is 2. The van der Waals surface area contributed by atoms with Gasteiger partial charge in [-0.15, -0.1) is 0 Å². The molecule has 0 bridgehead atoms. The van der Waals surface area contributed by atoms with Crippen LogP contribution in [0.3, 0.4) is 0 Å². The minimum atomic E-state index is -0.239. The van der Waals surface area contributed by atoms with Crippen molar-refractivity contribution >= 4 is 11.6 Å². The van der Waals surface area contributed by atoms with Crippen molar-refractivity contribution in [3.05, 3.63) is 48.0 Å². The predicted molar refractivity (Wildman–Crippen MR) is 98.9 cm³/mol. The van der Waals surface area contributed by atoms with Crippen molar-refractivity contribution in [1.82, 2.24) is 0 Å². The molecule has 0 spiro atoms. The summed E-state index contributed by atoms with van der Waals surface area (Å²) in [7, 11) is 3.13. The smallest absolute Gasteiger partial charge is 0.255 e. The number of amides is 1. The molecular formula is C20H25NO4. The molecule has 2 aromatic carbocycles. The molecule has 1 amide bonds. The van der Waals surface area contributed by atoms with E-state index in [9.17, 15) is 4.79 Å². The molecule has 0 aliphatic heterocycles. The van der Waals surface area contributed by atoms with Gasteiger partial charge in [-0.1, -0.05) is 26.0 Å². The lowest BCUT2D eigenvalue weighted by molar-refractivity contribution is 0.102. The van der Waals surface area contributed by atoms with Crippen molar-refractivity contribution in [2.75, 3.05) is 26.1 Å². The van der Waals surface area contributed by atoms with E-state index in [1.54, 1.807) is 44.6 Å². The SMILES string of the molecule is COc1ccccc1NC(=O)c1ccc(OCCC(C)C)c(OC)c1. The van der Waals surface area contributed by atoms with E-state index in [4.69, 9.17) is 14.2 Å². The Morgan fingerprint density at radius 3 is 2.40 bits per heavy atom. The Morgan fingerprint density at radius 1 is 1.00 bits per heavy atom. The highest BCUT2D eigenvalue weighted by atomic mass is 16.5. The van der Waals surface area contributed by atoms with E-state index in [-0.39, 0.29) is 5.91 Å².